The number of hydrogen-bond acceptors (Lipinski definition) is 5. The van der Waals surface area contributed by atoms with Crippen LogP contribution in [-0.2, 0) is 6.42 Å². The van der Waals surface area contributed by atoms with Crippen molar-refractivity contribution < 1.29 is 9.47 Å². The van der Waals surface area contributed by atoms with Crippen LogP contribution in [0.4, 0.5) is 0 Å². The topological polar surface area (TPSA) is 65.7 Å². The van der Waals surface area contributed by atoms with Gasteiger partial charge >= 0.3 is 0 Å². The van der Waals surface area contributed by atoms with Gasteiger partial charge in [0.05, 0.1) is 23.7 Å². The summed E-state index contributed by atoms with van der Waals surface area (Å²) in [5.74, 6) is 1.50. The monoisotopic (exact) mass is 595 g/mol. The van der Waals surface area contributed by atoms with E-state index >= 15 is 0 Å². The van der Waals surface area contributed by atoms with Gasteiger partial charge in [0.2, 0.25) is 0 Å². The van der Waals surface area contributed by atoms with Crippen LogP contribution in [0.5, 0.6) is 11.5 Å². The first kappa shape index (κ1) is 25.5. The average molecular weight is 598 g/mol. The van der Waals surface area contributed by atoms with E-state index in [1.807, 2.05) is 19.1 Å². The number of fused-ring (bicyclic) bond motifs is 1. The fraction of sp³-hybridized carbons (Fsp3) is 0.292. The van der Waals surface area contributed by atoms with E-state index in [4.69, 9.17) is 26.1 Å². The van der Waals surface area contributed by atoms with Crippen molar-refractivity contribution in [1.82, 2.24) is 9.66 Å². The summed E-state index contributed by atoms with van der Waals surface area (Å²) in [5.41, 5.74) is 1.05. The third-order valence-corrected chi connectivity index (χ3v) is 6.68. The Labute approximate surface area is 214 Å². The Balaban J connectivity index is 2.13. The van der Waals surface area contributed by atoms with E-state index in [2.05, 4.69) is 50.5 Å². The molecule has 0 amide bonds. The van der Waals surface area contributed by atoms with Crippen LogP contribution in [0.3, 0.4) is 0 Å². The highest BCUT2D eigenvalue weighted by Gasteiger charge is 2.18. The zero-order chi connectivity index (χ0) is 24.0. The Morgan fingerprint density at radius 3 is 2.73 bits per heavy atom. The molecule has 6 nitrogen and oxygen atoms in total. The number of aryl methyl sites for hydroxylation is 1. The summed E-state index contributed by atoms with van der Waals surface area (Å²) in [6.07, 6.45) is 5.70. The largest absolute Gasteiger partial charge is 0.490 e. The van der Waals surface area contributed by atoms with Gasteiger partial charge in [-0.15, -0.1) is 0 Å². The molecule has 0 bridgehead atoms. The van der Waals surface area contributed by atoms with E-state index < -0.39 is 0 Å². The Hall–Kier alpha value is -2.16. The molecule has 3 aromatic rings. The normalized spacial score (nSPS) is 11.3. The highest BCUT2D eigenvalue weighted by molar-refractivity contribution is 9.10. The second-order valence-electron chi connectivity index (χ2n) is 7.11. The summed E-state index contributed by atoms with van der Waals surface area (Å²) in [7, 11) is 0. The maximum absolute atomic E-state index is 13.3. The van der Waals surface area contributed by atoms with E-state index in [-0.39, 0.29) is 12.2 Å². The first-order valence-corrected chi connectivity index (χ1v) is 12.5. The van der Waals surface area contributed by atoms with Gasteiger partial charge in [0.25, 0.3) is 5.56 Å². The molecular weight excluding hydrogens is 574 g/mol. The second-order valence-corrected chi connectivity index (χ2v) is 9.19. The van der Waals surface area contributed by atoms with Crippen molar-refractivity contribution in [2.24, 2.45) is 5.10 Å². The number of rotatable bonds is 10. The zero-order valence-electron chi connectivity index (χ0n) is 18.4. The summed E-state index contributed by atoms with van der Waals surface area (Å²) in [4.78, 5) is 18.0. The lowest BCUT2D eigenvalue weighted by Crippen LogP contribution is -2.22. The molecular formula is C24H24Br2ClN3O3. The third kappa shape index (κ3) is 5.86. The minimum absolute atomic E-state index is 0.234. The van der Waals surface area contributed by atoms with Crippen LogP contribution in [-0.4, -0.2) is 29.1 Å². The van der Waals surface area contributed by atoms with Gasteiger partial charge in [-0.1, -0.05) is 53.5 Å². The Morgan fingerprint density at radius 1 is 1.24 bits per heavy atom. The van der Waals surface area contributed by atoms with Crippen LogP contribution in [0.25, 0.3) is 10.9 Å². The first-order chi connectivity index (χ1) is 15.9. The number of unbranched alkanes of at least 4 members (excludes halogenated alkanes) is 1. The summed E-state index contributed by atoms with van der Waals surface area (Å²) >= 11 is 13.5. The van der Waals surface area contributed by atoms with E-state index in [0.29, 0.717) is 56.3 Å². The molecule has 0 fully saturated rings. The summed E-state index contributed by atoms with van der Waals surface area (Å²) in [5, 5.41) is 5.34. The van der Waals surface area contributed by atoms with E-state index in [0.717, 1.165) is 17.3 Å². The number of benzene rings is 2. The molecule has 174 valence electrons. The number of hydrogen-bond donors (Lipinski definition) is 0. The van der Waals surface area contributed by atoms with Crippen molar-refractivity contribution in [3.05, 3.63) is 72.6 Å². The fourth-order valence-corrected chi connectivity index (χ4v) is 4.18. The molecule has 0 atom stereocenters. The van der Waals surface area contributed by atoms with Gasteiger partial charge in [-0.3, -0.25) is 4.79 Å². The molecule has 1 heterocycles. The molecule has 0 saturated carbocycles. The molecule has 1 aromatic heterocycles. The standard InChI is InChI=1S/C24H24Br2ClN3O3/c1-4-7-8-20-29-18-10-9-16(25)13-17(18)24(31)30(20)28-14-15-12-19(32-6-3)23(33-11-5-2)22(27)21(15)26/h5,9-10,12-14H,2,4,6-8,11H2,1,3H3. The van der Waals surface area contributed by atoms with Gasteiger partial charge in [0, 0.05) is 20.9 Å². The van der Waals surface area contributed by atoms with Gasteiger partial charge in [-0.25, -0.2) is 4.98 Å². The molecule has 0 aliphatic rings. The van der Waals surface area contributed by atoms with Gasteiger partial charge in [0.15, 0.2) is 11.5 Å². The van der Waals surface area contributed by atoms with Crippen LogP contribution in [0, 0.1) is 0 Å². The average Bonchev–Trinajstić information content (AvgIpc) is 2.80. The number of halogens is 3. The van der Waals surface area contributed by atoms with E-state index in [9.17, 15) is 4.79 Å². The quantitative estimate of drug-likeness (QED) is 0.191. The molecule has 33 heavy (non-hydrogen) atoms. The van der Waals surface area contributed by atoms with E-state index in [1.54, 1.807) is 24.4 Å². The lowest BCUT2D eigenvalue weighted by atomic mass is 10.2. The predicted molar refractivity (Wildman–Crippen MR) is 141 cm³/mol. The van der Waals surface area contributed by atoms with Gasteiger partial charge in [-0.05, 0) is 53.5 Å². The predicted octanol–water partition coefficient (Wildman–Crippen LogP) is 6.76. The molecule has 0 unspecified atom stereocenters. The molecule has 0 radical (unpaired) electrons. The molecule has 0 aliphatic heterocycles. The van der Waals surface area contributed by atoms with Gasteiger partial charge < -0.3 is 9.47 Å². The van der Waals surface area contributed by atoms with Crippen molar-refractivity contribution in [3.8, 4) is 11.5 Å². The molecule has 3 rings (SSSR count). The summed E-state index contributed by atoms with van der Waals surface area (Å²) in [6.45, 7) is 8.35. The third-order valence-electron chi connectivity index (χ3n) is 4.74. The fourth-order valence-electron chi connectivity index (χ4n) is 3.17. The van der Waals surface area contributed by atoms with Crippen LogP contribution in [0.1, 0.15) is 38.1 Å². The molecule has 0 N–H and O–H groups in total. The Bertz CT molecular complexity index is 1260. The molecule has 9 heteroatoms. The Morgan fingerprint density at radius 2 is 2.03 bits per heavy atom. The highest BCUT2D eigenvalue weighted by atomic mass is 79.9. The molecule has 0 spiro atoms. The maximum atomic E-state index is 13.3. The first-order valence-electron chi connectivity index (χ1n) is 10.5. The van der Waals surface area contributed by atoms with Gasteiger partial charge in [-0.2, -0.15) is 9.78 Å². The Kier molecular flexibility index (Phi) is 9.11. The molecule has 2 aromatic carbocycles. The zero-order valence-corrected chi connectivity index (χ0v) is 22.3. The van der Waals surface area contributed by atoms with Crippen LogP contribution in [0.15, 0.2) is 55.8 Å². The number of ether oxygens (including phenoxy) is 2. The van der Waals surface area contributed by atoms with Crippen molar-refractivity contribution in [2.45, 2.75) is 33.1 Å². The second kappa shape index (κ2) is 11.8. The van der Waals surface area contributed by atoms with Crippen molar-refractivity contribution >= 4 is 60.6 Å². The van der Waals surface area contributed by atoms with E-state index in [1.165, 1.54) is 4.68 Å². The highest BCUT2D eigenvalue weighted by Crippen LogP contribution is 2.42. The molecule has 0 saturated heterocycles. The number of nitrogens with zero attached hydrogens (tertiary/aromatic N) is 3. The van der Waals surface area contributed by atoms with Gasteiger partial charge in [0.1, 0.15) is 17.5 Å². The SMILES string of the molecule is C=CCOc1c(OCC)cc(C=Nn2c(CCCC)nc3ccc(Br)cc3c2=O)c(Br)c1Cl. The molecule has 0 aliphatic carbocycles. The lowest BCUT2D eigenvalue weighted by molar-refractivity contribution is 0.297. The lowest BCUT2D eigenvalue weighted by Gasteiger charge is -2.15. The minimum atomic E-state index is -0.234. The van der Waals surface area contributed by atoms with Crippen molar-refractivity contribution in [2.75, 3.05) is 13.2 Å². The van der Waals surface area contributed by atoms with Crippen LogP contribution < -0.4 is 15.0 Å². The number of aromatic nitrogens is 2. The summed E-state index contributed by atoms with van der Waals surface area (Å²) in [6, 6.07) is 7.22. The minimum Gasteiger partial charge on any atom is -0.490 e. The van der Waals surface area contributed by atoms with Crippen molar-refractivity contribution in [1.29, 1.82) is 0 Å². The van der Waals surface area contributed by atoms with Crippen molar-refractivity contribution in [3.63, 3.8) is 0 Å². The van der Waals surface area contributed by atoms with Crippen LogP contribution >= 0.6 is 43.5 Å². The maximum Gasteiger partial charge on any atom is 0.282 e. The summed E-state index contributed by atoms with van der Waals surface area (Å²) < 4.78 is 14.1. The smallest absolute Gasteiger partial charge is 0.282 e. The van der Waals surface area contributed by atoms with Crippen LogP contribution in [0.2, 0.25) is 5.02 Å².